The molecule has 0 bridgehead atoms. The number of carbonyl (C=O) groups excluding carboxylic acids is 1. The Morgan fingerprint density at radius 3 is 2.71 bits per heavy atom. The second-order valence-corrected chi connectivity index (χ2v) is 6.75. The van der Waals surface area contributed by atoms with Crippen molar-refractivity contribution in [2.75, 3.05) is 13.2 Å². The van der Waals surface area contributed by atoms with Crippen molar-refractivity contribution in [1.82, 2.24) is 20.4 Å². The third-order valence-electron chi connectivity index (χ3n) is 5.01. The van der Waals surface area contributed by atoms with Crippen LogP contribution < -0.4 is 10.6 Å². The van der Waals surface area contributed by atoms with Crippen LogP contribution >= 0.6 is 0 Å². The quantitative estimate of drug-likeness (QED) is 0.752. The number of aromatic nitrogens is 2. The van der Waals surface area contributed by atoms with Crippen molar-refractivity contribution in [3.63, 3.8) is 0 Å². The summed E-state index contributed by atoms with van der Waals surface area (Å²) in [6, 6.07) is -0.154. The Morgan fingerprint density at radius 1 is 1.29 bits per heavy atom. The zero-order chi connectivity index (χ0) is 17.5. The third-order valence-corrected chi connectivity index (χ3v) is 5.01. The highest BCUT2D eigenvalue weighted by molar-refractivity contribution is 5.73. The van der Waals surface area contributed by atoms with Gasteiger partial charge in [-0.15, -0.1) is 0 Å². The van der Waals surface area contributed by atoms with Crippen LogP contribution in [0.2, 0.25) is 0 Å². The number of urea groups is 1. The summed E-state index contributed by atoms with van der Waals surface area (Å²) in [4.78, 5) is 11.9. The van der Waals surface area contributed by atoms with Crippen molar-refractivity contribution in [3.8, 4) is 0 Å². The van der Waals surface area contributed by atoms with E-state index in [0.717, 1.165) is 29.9 Å². The van der Waals surface area contributed by atoms with Gasteiger partial charge in [0.25, 0.3) is 0 Å². The highest BCUT2D eigenvalue weighted by atomic mass is 16.5. The van der Waals surface area contributed by atoms with E-state index in [4.69, 9.17) is 4.74 Å². The highest BCUT2D eigenvalue weighted by Crippen LogP contribution is 2.25. The van der Waals surface area contributed by atoms with Gasteiger partial charge in [0, 0.05) is 30.9 Å². The molecule has 0 saturated heterocycles. The first kappa shape index (κ1) is 18.8. The molecule has 6 nitrogen and oxygen atoms in total. The minimum Gasteiger partial charge on any atom is -0.376 e. The molecule has 0 aromatic carbocycles. The van der Waals surface area contributed by atoms with Crippen LogP contribution in [0.25, 0.3) is 0 Å². The van der Waals surface area contributed by atoms with Gasteiger partial charge in [-0.2, -0.15) is 5.10 Å². The number of hydrogen-bond donors (Lipinski definition) is 2. The molecule has 2 rings (SSSR count). The first-order chi connectivity index (χ1) is 11.5. The van der Waals surface area contributed by atoms with Gasteiger partial charge < -0.3 is 15.4 Å². The number of nitrogens with zero attached hydrogens (tertiary/aromatic N) is 2. The van der Waals surface area contributed by atoms with Gasteiger partial charge in [-0.1, -0.05) is 19.8 Å². The number of rotatable bonds is 7. The van der Waals surface area contributed by atoms with Crippen molar-refractivity contribution in [2.24, 2.45) is 5.92 Å². The van der Waals surface area contributed by atoms with E-state index >= 15 is 0 Å². The minimum atomic E-state index is -0.154. The third kappa shape index (κ3) is 4.97. The van der Waals surface area contributed by atoms with Crippen molar-refractivity contribution in [1.29, 1.82) is 0 Å². The summed E-state index contributed by atoms with van der Waals surface area (Å²) in [5.41, 5.74) is 3.19. The maximum atomic E-state index is 11.9. The van der Waals surface area contributed by atoms with Crippen molar-refractivity contribution in [3.05, 3.63) is 17.0 Å². The molecular formula is C18H32N4O2. The molecule has 0 radical (unpaired) electrons. The normalized spacial score (nSPS) is 20.8. The molecule has 1 fully saturated rings. The van der Waals surface area contributed by atoms with E-state index in [2.05, 4.69) is 29.6 Å². The van der Waals surface area contributed by atoms with Crippen molar-refractivity contribution in [2.45, 2.75) is 72.6 Å². The standard InChI is InChI=1S/C18H32N4O2/c1-5-22-15(4)16(14(3)21-22)12-20-18(23)19-10-11-24-17-9-7-6-8-13(17)2/h13,17H,5-12H2,1-4H3,(H2,19,20,23). The molecule has 1 aliphatic carbocycles. The Hall–Kier alpha value is -1.56. The number of carbonyl (C=O) groups is 1. The van der Waals surface area contributed by atoms with Crippen LogP contribution in [0.4, 0.5) is 4.79 Å². The molecule has 1 saturated carbocycles. The van der Waals surface area contributed by atoms with Gasteiger partial charge in [-0.3, -0.25) is 4.68 Å². The summed E-state index contributed by atoms with van der Waals surface area (Å²) in [7, 11) is 0. The van der Waals surface area contributed by atoms with Crippen LogP contribution in [0, 0.1) is 19.8 Å². The van der Waals surface area contributed by atoms with E-state index in [1.807, 2.05) is 18.5 Å². The van der Waals surface area contributed by atoms with Crippen LogP contribution in [0.15, 0.2) is 0 Å². The van der Waals surface area contributed by atoms with Crippen molar-refractivity contribution >= 4 is 6.03 Å². The molecule has 2 amide bonds. The first-order valence-electron chi connectivity index (χ1n) is 9.19. The number of hydrogen-bond acceptors (Lipinski definition) is 3. The van der Waals surface area contributed by atoms with Gasteiger partial charge >= 0.3 is 6.03 Å². The second kappa shape index (κ2) is 9.06. The van der Waals surface area contributed by atoms with Gasteiger partial charge in [0.05, 0.1) is 18.4 Å². The van der Waals surface area contributed by atoms with Gasteiger partial charge in [-0.25, -0.2) is 4.79 Å². The fourth-order valence-electron chi connectivity index (χ4n) is 3.43. The predicted octanol–water partition coefficient (Wildman–Crippen LogP) is 2.91. The summed E-state index contributed by atoms with van der Waals surface area (Å²) in [6.45, 7) is 10.8. The zero-order valence-electron chi connectivity index (χ0n) is 15.5. The van der Waals surface area contributed by atoms with Gasteiger partial charge in [0.1, 0.15) is 0 Å². The lowest BCUT2D eigenvalue weighted by atomic mass is 9.88. The highest BCUT2D eigenvalue weighted by Gasteiger charge is 2.21. The Labute approximate surface area is 145 Å². The second-order valence-electron chi connectivity index (χ2n) is 6.75. The lowest BCUT2D eigenvalue weighted by molar-refractivity contribution is -0.00243. The average molecular weight is 336 g/mol. The number of nitrogens with one attached hydrogen (secondary N) is 2. The fourth-order valence-corrected chi connectivity index (χ4v) is 3.43. The first-order valence-corrected chi connectivity index (χ1v) is 9.19. The molecule has 0 spiro atoms. The molecular weight excluding hydrogens is 304 g/mol. The smallest absolute Gasteiger partial charge is 0.315 e. The number of amides is 2. The molecule has 6 heteroatoms. The monoisotopic (exact) mass is 336 g/mol. The summed E-state index contributed by atoms with van der Waals surface area (Å²) in [6.07, 6.45) is 5.33. The zero-order valence-corrected chi connectivity index (χ0v) is 15.5. The Bertz CT molecular complexity index is 541. The molecule has 24 heavy (non-hydrogen) atoms. The van der Waals surface area contributed by atoms with E-state index < -0.39 is 0 Å². The molecule has 1 heterocycles. The van der Waals surface area contributed by atoms with E-state index in [9.17, 15) is 4.79 Å². The van der Waals surface area contributed by atoms with Crippen LogP contribution in [0.3, 0.4) is 0 Å². The molecule has 136 valence electrons. The van der Waals surface area contributed by atoms with Crippen LogP contribution in [-0.2, 0) is 17.8 Å². The van der Waals surface area contributed by atoms with E-state index in [1.54, 1.807) is 0 Å². The van der Waals surface area contributed by atoms with Gasteiger partial charge in [-0.05, 0) is 39.5 Å². The molecule has 1 aromatic heterocycles. The summed E-state index contributed by atoms with van der Waals surface area (Å²) in [5.74, 6) is 0.633. The SMILES string of the molecule is CCn1nc(C)c(CNC(=O)NCCOC2CCCCC2C)c1C. The number of ether oxygens (including phenoxy) is 1. The largest absolute Gasteiger partial charge is 0.376 e. The number of aryl methyl sites for hydroxylation is 2. The van der Waals surface area contributed by atoms with Gasteiger partial charge in [0.2, 0.25) is 0 Å². The maximum absolute atomic E-state index is 11.9. The Morgan fingerprint density at radius 2 is 2.04 bits per heavy atom. The van der Waals surface area contributed by atoms with E-state index in [1.165, 1.54) is 19.3 Å². The summed E-state index contributed by atoms with van der Waals surface area (Å²) in [5, 5.41) is 10.2. The van der Waals surface area contributed by atoms with E-state index in [0.29, 0.717) is 31.7 Å². The average Bonchev–Trinajstić information content (AvgIpc) is 2.85. The predicted molar refractivity (Wildman–Crippen MR) is 95.0 cm³/mol. The molecule has 1 aliphatic rings. The molecule has 2 atom stereocenters. The summed E-state index contributed by atoms with van der Waals surface area (Å²) >= 11 is 0. The Balaban J connectivity index is 1.66. The summed E-state index contributed by atoms with van der Waals surface area (Å²) < 4.78 is 7.87. The lowest BCUT2D eigenvalue weighted by Crippen LogP contribution is -2.38. The molecule has 2 N–H and O–H groups in total. The minimum absolute atomic E-state index is 0.154. The maximum Gasteiger partial charge on any atom is 0.315 e. The van der Waals surface area contributed by atoms with Crippen LogP contribution in [0.5, 0.6) is 0 Å². The van der Waals surface area contributed by atoms with Crippen molar-refractivity contribution < 1.29 is 9.53 Å². The Kier molecular flexibility index (Phi) is 7.09. The molecule has 1 aromatic rings. The van der Waals surface area contributed by atoms with Crippen LogP contribution in [0.1, 0.15) is 56.5 Å². The molecule has 0 aliphatic heterocycles. The van der Waals surface area contributed by atoms with E-state index in [-0.39, 0.29) is 6.03 Å². The lowest BCUT2D eigenvalue weighted by Gasteiger charge is -2.28. The molecule has 2 unspecified atom stereocenters. The van der Waals surface area contributed by atoms with Crippen LogP contribution in [-0.4, -0.2) is 35.1 Å². The van der Waals surface area contributed by atoms with Gasteiger partial charge in [0.15, 0.2) is 0 Å². The topological polar surface area (TPSA) is 68.2 Å². The fraction of sp³-hybridized carbons (Fsp3) is 0.778.